The molecule has 1 aromatic heterocycles. The van der Waals surface area contributed by atoms with Gasteiger partial charge in [-0.25, -0.2) is 4.79 Å². The Morgan fingerprint density at radius 2 is 2.06 bits per heavy atom. The molecule has 96 valence electrons. The molecule has 0 amide bonds. The summed E-state index contributed by atoms with van der Waals surface area (Å²) >= 11 is 6.12. The second kappa shape index (κ2) is 4.33. The van der Waals surface area contributed by atoms with Crippen LogP contribution >= 0.6 is 11.6 Å². The average Bonchev–Trinajstić information content (AvgIpc) is 2.66. The summed E-state index contributed by atoms with van der Waals surface area (Å²) in [7, 11) is 1.69. The van der Waals surface area contributed by atoms with Crippen LogP contribution in [0.3, 0.4) is 0 Å². The van der Waals surface area contributed by atoms with Crippen molar-refractivity contribution in [3.63, 3.8) is 0 Å². The first-order valence-corrected chi connectivity index (χ1v) is 6.29. The Kier molecular flexibility index (Phi) is 2.80. The van der Waals surface area contributed by atoms with E-state index in [4.69, 9.17) is 16.0 Å². The topological polar surface area (TPSA) is 50.4 Å². The largest absolute Gasteiger partial charge is 0.419 e. The van der Waals surface area contributed by atoms with Crippen LogP contribution in [0.2, 0.25) is 5.02 Å². The maximum atomic E-state index is 11.6. The van der Waals surface area contributed by atoms with E-state index in [9.17, 15) is 4.79 Å². The van der Waals surface area contributed by atoms with E-state index in [1.165, 1.54) is 4.57 Å². The zero-order valence-electron chi connectivity index (χ0n) is 10.1. The highest BCUT2D eigenvalue weighted by molar-refractivity contribution is 6.31. The van der Waals surface area contributed by atoms with Gasteiger partial charge >= 0.3 is 5.76 Å². The zero-order valence-corrected chi connectivity index (χ0v) is 10.8. The van der Waals surface area contributed by atoms with Crippen LogP contribution in [0.4, 0.5) is 5.69 Å². The van der Waals surface area contributed by atoms with Gasteiger partial charge in [0.05, 0.1) is 11.2 Å². The van der Waals surface area contributed by atoms with Crippen LogP contribution in [0.1, 0.15) is 0 Å². The van der Waals surface area contributed by atoms with E-state index in [-0.39, 0.29) is 5.76 Å². The SMILES string of the molecule is Cn1c(=O)oc2c(N3CCNCC3)cc(Cl)cc21. The fraction of sp³-hybridized carbons (Fsp3) is 0.417. The van der Waals surface area contributed by atoms with E-state index in [2.05, 4.69) is 10.2 Å². The van der Waals surface area contributed by atoms with Crippen LogP contribution in [-0.4, -0.2) is 30.7 Å². The predicted octanol–water partition coefficient (Wildman–Crippen LogP) is 1.19. The van der Waals surface area contributed by atoms with E-state index < -0.39 is 0 Å². The third-order valence-electron chi connectivity index (χ3n) is 3.30. The molecule has 0 saturated carbocycles. The van der Waals surface area contributed by atoms with Gasteiger partial charge in [0.1, 0.15) is 0 Å². The van der Waals surface area contributed by atoms with Crippen molar-refractivity contribution in [1.29, 1.82) is 0 Å². The second-order valence-corrected chi connectivity index (χ2v) is 4.87. The summed E-state index contributed by atoms with van der Waals surface area (Å²) in [5, 5.41) is 3.91. The molecule has 1 N–H and O–H groups in total. The lowest BCUT2D eigenvalue weighted by Gasteiger charge is -2.29. The van der Waals surface area contributed by atoms with Gasteiger partial charge in [0, 0.05) is 38.2 Å². The highest BCUT2D eigenvalue weighted by Crippen LogP contribution is 2.30. The Bertz CT molecular complexity index is 641. The fourth-order valence-corrected chi connectivity index (χ4v) is 2.52. The lowest BCUT2D eigenvalue weighted by atomic mass is 10.2. The summed E-state index contributed by atoms with van der Waals surface area (Å²) in [6.07, 6.45) is 0. The molecular formula is C12H14ClN3O2. The van der Waals surface area contributed by atoms with Gasteiger partial charge in [-0.2, -0.15) is 0 Å². The number of hydrogen-bond donors (Lipinski definition) is 1. The summed E-state index contributed by atoms with van der Waals surface area (Å²) in [5.74, 6) is -0.358. The van der Waals surface area contributed by atoms with E-state index in [1.54, 1.807) is 13.1 Å². The average molecular weight is 268 g/mol. The van der Waals surface area contributed by atoms with Crippen LogP contribution in [0.25, 0.3) is 11.1 Å². The minimum atomic E-state index is -0.358. The van der Waals surface area contributed by atoms with Gasteiger partial charge in [-0.15, -0.1) is 0 Å². The number of aryl methyl sites for hydroxylation is 1. The van der Waals surface area contributed by atoms with Crippen LogP contribution in [0.15, 0.2) is 21.3 Å². The number of piperazine rings is 1. The lowest BCUT2D eigenvalue weighted by molar-refractivity contribution is 0.524. The summed E-state index contributed by atoms with van der Waals surface area (Å²) in [6, 6.07) is 3.62. The normalized spacial score (nSPS) is 16.4. The van der Waals surface area contributed by atoms with Crippen molar-refractivity contribution in [3.8, 4) is 0 Å². The van der Waals surface area contributed by atoms with Gasteiger partial charge in [-0.3, -0.25) is 4.57 Å². The maximum absolute atomic E-state index is 11.6. The molecule has 1 aromatic carbocycles. The molecule has 1 fully saturated rings. The zero-order chi connectivity index (χ0) is 12.7. The number of hydrogen-bond acceptors (Lipinski definition) is 4. The maximum Gasteiger partial charge on any atom is 0.419 e. The summed E-state index contributed by atoms with van der Waals surface area (Å²) in [6.45, 7) is 3.61. The quantitative estimate of drug-likeness (QED) is 0.843. The number of halogens is 1. The molecule has 3 rings (SSSR count). The molecule has 6 heteroatoms. The minimum absolute atomic E-state index is 0.358. The van der Waals surface area contributed by atoms with Gasteiger partial charge in [0.15, 0.2) is 5.58 Å². The molecule has 5 nitrogen and oxygen atoms in total. The molecule has 1 saturated heterocycles. The van der Waals surface area contributed by atoms with Crippen molar-refractivity contribution >= 4 is 28.4 Å². The van der Waals surface area contributed by atoms with E-state index >= 15 is 0 Å². The number of nitrogens with one attached hydrogen (secondary N) is 1. The van der Waals surface area contributed by atoms with Crippen LogP contribution < -0.4 is 16.0 Å². The summed E-state index contributed by atoms with van der Waals surface area (Å²) < 4.78 is 6.80. The Morgan fingerprint density at radius 3 is 2.78 bits per heavy atom. The number of oxazole rings is 1. The fourth-order valence-electron chi connectivity index (χ4n) is 2.31. The predicted molar refractivity (Wildman–Crippen MR) is 71.5 cm³/mol. The summed E-state index contributed by atoms with van der Waals surface area (Å²) in [4.78, 5) is 13.8. The van der Waals surface area contributed by atoms with Crippen LogP contribution in [0.5, 0.6) is 0 Å². The number of rotatable bonds is 1. The van der Waals surface area contributed by atoms with Gasteiger partial charge in [-0.05, 0) is 12.1 Å². The number of benzene rings is 1. The molecule has 2 heterocycles. The van der Waals surface area contributed by atoms with Gasteiger partial charge < -0.3 is 14.6 Å². The van der Waals surface area contributed by atoms with Crippen molar-refractivity contribution in [2.24, 2.45) is 7.05 Å². The monoisotopic (exact) mass is 267 g/mol. The van der Waals surface area contributed by atoms with Crippen molar-refractivity contribution in [1.82, 2.24) is 9.88 Å². The number of aromatic nitrogens is 1. The van der Waals surface area contributed by atoms with Crippen molar-refractivity contribution in [2.45, 2.75) is 0 Å². The van der Waals surface area contributed by atoms with Gasteiger partial charge in [-0.1, -0.05) is 11.6 Å². The highest BCUT2D eigenvalue weighted by Gasteiger charge is 2.18. The van der Waals surface area contributed by atoms with E-state index in [0.717, 1.165) is 37.4 Å². The molecule has 1 aliphatic heterocycles. The molecule has 0 bridgehead atoms. The smallest absolute Gasteiger partial charge is 0.405 e. The van der Waals surface area contributed by atoms with Crippen LogP contribution in [-0.2, 0) is 7.05 Å². The van der Waals surface area contributed by atoms with Gasteiger partial charge in [0.2, 0.25) is 0 Å². The first-order chi connectivity index (χ1) is 8.66. The first-order valence-electron chi connectivity index (χ1n) is 5.91. The molecule has 0 unspecified atom stereocenters. The number of nitrogens with zero attached hydrogens (tertiary/aromatic N) is 2. The summed E-state index contributed by atoms with van der Waals surface area (Å²) in [5.41, 5.74) is 2.26. The first kappa shape index (κ1) is 11.6. The third-order valence-corrected chi connectivity index (χ3v) is 3.51. The Hall–Kier alpha value is -1.46. The van der Waals surface area contributed by atoms with Crippen molar-refractivity contribution in [3.05, 3.63) is 27.7 Å². The molecule has 0 radical (unpaired) electrons. The van der Waals surface area contributed by atoms with Crippen molar-refractivity contribution < 1.29 is 4.42 Å². The van der Waals surface area contributed by atoms with Crippen molar-refractivity contribution in [2.75, 3.05) is 31.1 Å². The molecular weight excluding hydrogens is 254 g/mol. The molecule has 0 atom stereocenters. The standard InChI is InChI=1S/C12H14ClN3O2/c1-15-9-6-8(13)7-10(11(9)18-12(15)17)16-4-2-14-3-5-16/h6-7,14H,2-5H2,1H3. The third kappa shape index (κ3) is 1.79. The van der Waals surface area contributed by atoms with E-state index in [0.29, 0.717) is 10.6 Å². The lowest BCUT2D eigenvalue weighted by Crippen LogP contribution is -2.43. The Labute approximate surface area is 109 Å². The molecule has 2 aromatic rings. The van der Waals surface area contributed by atoms with E-state index in [1.807, 2.05) is 6.07 Å². The number of anilines is 1. The Balaban J connectivity index is 2.21. The molecule has 0 aliphatic carbocycles. The molecule has 0 spiro atoms. The highest BCUT2D eigenvalue weighted by atomic mass is 35.5. The van der Waals surface area contributed by atoms with Gasteiger partial charge in [0.25, 0.3) is 0 Å². The second-order valence-electron chi connectivity index (χ2n) is 4.44. The Morgan fingerprint density at radius 1 is 1.33 bits per heavy atom. The minimum Gasteiger partial charge on any atom is -0.405 e. The molecule has 1 aliphatic rings. The molecule has 18 heavy (non-hydrogen) atoms. The number of fused-ring (bicyclic) bond motifs is 1. The van der Waals surface area contributed by atoms with Crippen LogP contribution in [0, 0.1) is 0 Å².